The van der Waals surface area contributed by atoms with Crippen LogP contribution >= 0.6 is 24.0 Å². The fraction of sp³-hybridized carbons (Fsp3) is 0.409. The molecule has 2 heterocycles. The molecule has 0 amide bonds. The standard InChI is InChI=1S/C22H29N5O2.HI/c1-5-23-22(25-13-19-12-20(15(2)3)27-29-19)24-11-10-18-14-28-21(26-18)17-8-6-16(4)7-9-17;/h6-9,12,14-15H,5,10-11,13H2,1-4H3,(H2,23,24,25);1H. The zero-order valence-electron chi connectivity index (χ0n) is 17.9. The van der Waals surface area contributed by atoms with Crippen LogP contribution in [0, 0.1) is 6.92 Å². The minimum Gasteiger partial charge on any atom is -0.444 e. The lowest BCUT2D eigenvalue weighted by atomic mass is 10.1. The molecule has 162 valence electrons. The van der Waals surface area contributed by atoms with Crippen LogP contribution in [0.15, 0.2) is 50.5 Å². The Morgan fingerprint density at radius 1 is 1.17 bits per heavy atom. The maximum absolute atomic E-state index is 5.62. The van der Waals surface area contributed by atoms with Crippen molar-refractivity contribution in [2.45, 2.75) is 46.6 Å². The third-order valence-corrected chi connectivity index (χ3v) is 4.43. The molecule has 0 atom stereocenters. The first-order valence-corrected chi connectivity index (χ1v) is 10.0. The normalized spacial score (nSPS) is 11.4. The van der Waals surface area contributed by atoms with Crippen molar-refractivity contribution in [1.82, 2.24) is 20.8 Å². The summed E-state index contributed by atoms with van der Waals surface area (Å²) in [4.78, 5) is 9.14. The van der Waals surface area contributed by atoms with Crippen LogP contribution in [0.1, 0.15) is 49.4 Å². The molecule has 7 nitrogen and oxygen atoms in total. The first-order chi connectivity index (χ1) is 14.0. The lowest BCUT2D eigenvalue weighted by Crippen LogP contribution is -2.38. The second-order valence-corrected chi connectivity index (χ2v) is 7.25. The predicted molar refractivity (Wildman–Crippen MR) is 129 cm³/mol. The number of benzene rings is 1. The smallest absolute Gasteiger partial charge is 0.226 e. The van der Waals surface area contributed by atoms with Gasteiger partial charge in [0.15, 0.2) is 11.7 Å². The number of nitrogens with one attached hydrogen (secondary N) is 2. The molecule has 0 bridgehead atoms. The Kier molecular flexibility index (Phi) is 9.35. The SMILES string of the molecule is CCNC(=NCc1cc(C(C)C)no1)NCCc1coc(-c2ccc(C)cc2)n1.I. The zero-order chi connectivity index (χ0) is 20.6. The Morgan fingerprint density at radius 2 is 1.93 bits per heavy atom. The number of oxazole rings is 1. The van der Waals surface area contributed by atoms with Crippen LogP contribution in [-0.4, -0.2) is 29.2 Å². The van der Waals surface area contributed by atoms with Gasteiger partial charge in [0.05, 0.1) is 11.4 Å². The number of aromatic nitrogens is 2. The minimum absolute atomic E-state index is 0. The Hall–Kier alpha value is -2.36. The van der Waals surface area contributed by atoms with Gasteiger partial charge >= 0.3 is 0 Å². The second kappa shape index (κ2) is 11.7. The highest BCUT2D eigenvalue weighted by Gasteiger charge is 2.09. The van der Waals surface area contributed by atoms with Crippen LogP contribution in [0.5, 0.6) is 0 Å². The van der Waals surface area contributed by atoms with E-state index in [1.165, 1.54) is 5.56 Å². The van der Waals surface area contributed by atoms with Gasteiger partial charge in [-0.05, 0) is 31.9 Å². The van der Waals surface area contributed by atoms with Crippen LogP contribution in [-0.2, 0) is 13.0 Å². The predicted octanol–water partition coefficient (Wildman–Crippen LogP) is 4.68. The number of rotatable bonds is 8. The molecular weight excluding hydrogens is 493 g/mol. The van der Waals surface area contributed by atoms with Crippen LogP contribution < -0.4 is 10.6 Å². The van der Waals surface area contributed by atoms with Gasteiger partial charge in [0.1, 0.15) is 12.8 Å². The number of hydrogen-bond acceptors (Lipinski definition) is 5. The molecule has 0 aliphatic carbocycles. The summed E-state index contributed by atoms with van der Waals surface area (Å²) in [5.41, 5.74) is 4.05. The maximum Gasteiger partial charge on any atom is 0.226 e. The van der Waals surface area contributed by atoms with E-state index in [1.54, 1.807) is 6.26 Å². The van der Waals surface area contributed by atoms with Crippen LogP contribution in [0.4, 0.5) is 0 Å². The van der Waals surface area contributed by atoms with Crippen LogP contribution in [0.2, 0.25) is 0 Å². The van der Waals surface area contributed by atoms with Crippen molar-refractivity contribution in [1.29, 1.82) is 0 Å². The third-order valence-electron chi connectivity index (χ3n) is 4.43. The van der Waals surface area contributed by atoms with E-state index in [9.17, 15) is 0 Å². The fourth-order valence-corrected chi connectivity index (χ4v) is 2.73. The van der Waals surface area contributed by atoms with Crippen LogP contribution in [0.25, 0.3) is 11.5 Å². The molecule has 0 saturated heterocycles. The summed E-state index contributed by atoms with van der Waals surface area (Å²) < 4.78 is 11.0. The Bertz CT molecular complexity index is 931. The van der Waals surface area contributed by atoms with Gasteiger partial charge in [-0.1, -0.05) is 36.7 Å². The highest BCUT2D eigenvalue weighted by atomic mass is 127. The zero-order valence-corrected chi connectivity index (χ0v) is 20.3. The molecule has 0 spiro atoms. The number of aliphatic imine (C=N–C) groups is 1. The van der Waals surface area contributed by atoms with Gasteiger partial charge in [0, 0.05) is 31.1 Å². The minimum atomic E-state index is 0. The molecule has 2 aromatic heterocycles. The Labute approximate surface area is 194 Å². The van der Waals surface area contributed by atoms with Gasteiger partial charge in [-0.2, -0.15) is 0 Å². The molecule has 2 N–H and O–H groups in total. The highest BCUT2D eigenvalue weighted by Crippen LogP contribution is 2.19. The van der Waals surface area contributed by atoms with Crippen molar-refractivity contribution >= 4 is 29.9 Å². The van der Waals surface area contributed by atoms with Gasteiger partial charge < -0.3 is 19.6 Å². The van der Waals surface area contributed by atoms with E-state index >= 15 is 0 Å². The third kappa shape index (κ3) is 6.86. The average molecular weight is 523 g/mol. The van der Waals surface area contributed by atoms with E-state index < -0.39 is 0 Å². The van der Waals surface area contributed by atoms with Crippen molar-refractivity contribution in [2.75, 3.05) is 13.1 Å². The van der Waals surface area contributed by atoms with Crippen LogP contribution in [0.3, 0.4) is 0 Å². The molecule has 1 aromatic carbocycles. The molecule has 3 rings (SSSR count). The number of halogens is 1. The van der Waals surface area contributed by atoms with Crippen molar-refractivity contribution in [2.24, 2.45) is 4.99 Å². The summed E-state index contributed by atoms with van der Waals surface area (Å²) in [5, 5.41) is 10.6. The van der Waals surface area contributed by atoms with Gasteiger partial charge in [0.2, 0.25) is 5.89 Å². The fourth-order valence-electron chi connectivity index (χ4n) is 2.73. The van der Waals surface area contributed by atoms with Crippen molar-refractivity contribution in [3.8, 4) is 11.5 Å². The van der Waals surface area contributed by atoms with Crippen molar-refractivity contribution in [3.63, 3.8) is 0 Å². The number of guanidine groups is 1. The average Bonchev–Trinajstić information content (AvgIpc) is 3.36. The Morgan fingerprint density at radius 3 is 2.60 bits per heavy atom. The molecule has 0 fully saturated rings. The summed E-state index contributed by atoms with van der Waals surface area (Å²) in [5.74, 6) is 2.48. The monoisotopic (exact) mass is 523 g/mol. The van der Waals surface area contributed by atoms with Crippen molar-refractivity contribution < 1.29 is 8.94 Å². The highest BCUT2D eigenvalue weighted by molar-refractivity contribution is 14.0. The quantitative estimate of drug-likeness (QED) is 0.253. The second-order valence-electron chi connectivity index (χ2n) is 7.25. The first-order valence-electron chi connectivity index (χ1n) is 10.0. The lowest BCUT2D eigenvalue weighted by Gasteiger charge is -2.09. The van der Waals surface area contributed by atoms with Gasteiger partial charge in [-0.3, -0.25) is 0 Å². The molecule has 3 aromatic rings. The van der Waals surface area contributed by atoms with Crippen molar-refractivity contribution in [3.05, 3.63) is 59.3 Å². The number of hydrogen-bond donors (Lipinski definition) is 2. The molecule has 0 aliphatic rings. The van der Waals surface area contributed by atoms with Gasteiger partial charge in [-0.25, -0.2) is 9.98 Å². The van der Waals surface area contributed by atoms with E-state index in [0.29, 0.717) is 24.9 Å². The van der Waals surface area contributed by atoms with E-state index in [2.05, 4.69) is 58.7 Å². The molecule has 30 heavy (non-hydrogen) atoms. The lowest BCUT2D eigenvalue weighted by molar-refractivity contribution is 0.376. The maximum atomic E-state index is 5.62. The molecule has 8 heteroatoms. The number of nitrogens with zero attached hydrogens (tertiary/aromatic N) is 3. The van der Waals surface area contributed by atoms with E-state index in [0.717, 1.165) is 41.6 Å². The summed E-state index contributed by atoms with van der Waals surface area (Å²) in [6.07, 6.45) is 2.45. The molecule has 0 unspecified atom stereocenters. The van der Waals surface area contributed by atoms with Gasteiger partial charge in [-0.15, -0.1) is 24.0 Å². The number of aryl methyl sites for hydroxylation is 1. The molecule has 0 saturated carbocycles. The summed E-state index contributed by atoms with van der Waals surface area (Å²) in [7, 11) is 0. The van der Waals surface area contributed by atoms with E-state index in [4.69, 9.17) is 8.94 Å². The first kappa shape index (κ1) is 23.9. The largest absolute Gasteiger partial charge is 0.444 e. The molecular formula is C22H30IN5O2. The van der Waals surface area contributed by atoms with E-state index in [1.807, 2.05) is 25.1 Å². The summed E-state index contributed by atoms with van der Waals surface area (Å²) >= 11 is 0. The molecule has 0 radical (unpaired) electrons. The summed E-state index contributed by atoms with van der Waals surface area (Å²) in [6.45, 7) is 10.2. The van der Waals surface area contributed by atoms with E-state index in [-0.39, 0.29) is 24.0 Å². The van der Waals surface area contributed by atoms with Gasteiger partial charge in [0.25, 0.3) is 0 Å². The molecule has 0 aliphatic heterocycles. The summed E-state index contributed by atoms with van der Waals surface area (Å²) in [6, 6.07) is 10.1. The Balaban J connectivity index is 0.00000320. The topological polar surface area (TPSA) is 88.5 Å².